The quantitative estimate of drug-likeness (QED) is 0.466. The van der Waals surface area contributed by atoms with Gasteiger partial charge in [0, 0.05) is 36.7 Å². The van der Waals surface area contributed by atoms with E-state index < -0.39 is 17.1 Å². The van der Waals surface area contributed by atoms with Crippen LogP contribution in [0.5, 0.6) is 11.5 Å². The molecule has 6 nitrogen and oxygen atoms in total. The molecular formula is C36H38N2O4. The zero-order chi connectivity index (χ0) is 29.2. The van der Waals surface area contributed by atoms with Gasteiger partial charge in [-0.15, -0.1) is 0 Å². The van der Waals surface area contributed by atoms with Crippen LogP contribution in [-0.4, -0.2) is 69.8 Å². The Morgan fingerprint density at radius 3 is 2.74 bits per heavy atom. The molecule has 2 aliphatic heterocycles. The minimum atomic E-state index is -1.05. The molecule has 3 aromatic carbocycles. The largest absolute Gasteiger partial charge is 0.504 e. The Labute approximate surface area is 247 Å². The molecule has 6 heteroatoms. The molecule has 42 heavy (non-hydrogen) atoms. The van der Waals surface area contributed by atoms with Crippen LogP contribution in [0.4, 0.5) is 0 Å². The van der Waals surface area contributed by atoms with Crippen LogP contribution < -0.4 is 4.74 Å². The molecule has 2 aliphatic carbocycles. The standard InChI is InChI=1S/C36H38N2O4/c1-23-8-7-11-26(20-23)12-15-30(40)37(3)32-24(2)22-36(41)29-21-27-13-14-28(39)33-31(27)35(36,34(32)42-33)17-19-38(29)18-16-25-9-5-4-6-10-25/h4-11,13-14,20,24,29,32,34,39,41H,16-19,21-22H2,1-3H3/t24-,29-,32+,34+,35+,36-/m1/s1. The van der Waals surface area contributed by atoms with Crippen LogP contribution in [0.25, 0.3) is 0 Å². The lowest BCUT2D eigenvalue weighted by Gasteiger charge is -2.66. The summed E-state index contributed by atoms with van der Waals surface area (Å²) in [5.74, 6) is 6.17. The third-order valence-corrected chi connectivity index (χ3v) is 10.5. The van der Waals surface area contributed by atoms with Crippen LogP contribution in [0.3, 0.4) is 0 Å². The third-order valence-electron chi connectivity index (χ3n) is 10.5. The number of nitrogens with zero attached hydrogens (tertiary/aromatic N) is 2. The number of aryl methyl sites for hydroxylation is 1. The number of piperidine rings is 1. The van der Waals surface area contributed by atoms with Crippen molar-refractivity contribution in [3.63, 3.8) is 0 Å². The second kappa shape index (κ2) is 9.90. The average Bonchev–Trinajstić information content (AvgIpc) is 3.32. The van der Waals surface area contributed by atoms with Crippen LogP contribution in [0.15, 0.2) is 66.7 Å². The molecule has 1 spiro atoms. The molecule has 0 radical (unpaired) electrons. The Balaban J connectivity index is 1.25. The van der Waals surface area contributed by atoms with Gasteiger partial charge in [0.05, 0.1) is 17.1 Å². The van der Waals surface area contributed by atoms with Gasteiger partial charge in [0.25, 0.3) is 5.91 Å². The highest BCUT2D eigenvalue weighted by Crippen LogP contribution is 2.66. The zero-order valence-electron chi connectivity index (χ0n) is 24.5. The van der Waals surface area contributed by atoms with Crippen molar-refractivity contribution >= 4 is 5.91 Å². The van der Waals surface area contributed by atoms with E-state index in [0.29, 0.717) is 25.0 Å². The summed E-state index contributed by atoms with van der Waals surface area (Å²) in [6.07, 6.45) is 2.38. The number of amides is 1. The number of likely N-dealkylation sites (N-methyl/N-ethyl adjacent to an activating group) is 1. The van der Waals surface area contributed by atoms with Crippen LogP contribution >= 0.6 is 0 Å². The first kappa shape index (κ1) is 27.1. The summed E-state index contributed by atoms with van der Waals surface area (Å²) in [5.41, 5.74) is 3.52. The Hall–Kier alpha value is -3.79. The number of hydrogen-bond donors (Lipinski definition) is 2. The van der Waals surface area contributed by atoms with Crippen molar-refractivity contribution in [2.75, 3.05) is 20.1 Å². The predicted molar refractivity (Wildman–Crippen MR) is 161 cm³/mol. The molecule has 0 unspecified atom stereocenters. The third kappa shape index (κ3) is 3.91. The lowest BCUT2D eigenvalue weighted by molar-refractivity contribution is -0.211. The van der Waals surface area contributed by atoms with Gasteiger partial charge in [0.15, 0.2) is 11.5 Å². The van der Waals surface area contributed by atoms with Crippen molar-refractivity contribution in [1.82, 2.24) is 9.80 Å². The molecule has 7 rings (SSSR count). The number of carbonyl (C=O) groups excluding carboxylic acids is 1. The molecule has 6 atom stereocenters. The first-order chi connectivity index (χ1) is 20.2. The molecule has 3 aromatic rings. The van der Waals surface area contributed by atoms with Gasteiger partial charge in [-0.1, -0.05) is 61.4 Å². The number of benzene rings is 3. The van der Waals surface area contributed by atoms with E-state index in [1.165, 1.54) is 5.56 Å². The summed E-state index contributed by atoms with van der Waals surface area (Å²) >= 11 is 0. The summed E-state index contributed by atoms with van der Waals surface area (Å²) in [4.78, 5) is 17.7. The van der Waals surface area contributed by atoms with E-state index in [4.69, 9.17) is 4.74 Å². The van der Waals surface area contributed by atoms with Gasteiger partial charge in [-0.05, 0) is 80.0 Å². The SMILES string of the molecule is Cc1cccc(C#CC(=O)N(C)[C@H]2[C@H](C)C[C@@]3(O)[C@H]4Cc5ccc(O)c6c5[C@@]3(CCN4CCc3ccccc3)[C@H]2O6)c1. The second-order valence-electron chi connectivity index (χ2n) is 12.8. The highest BCUT2D eigenvalue weighted by molar-refractivity contribution is 5.94. The highest BCUT2D eigenvalue weighted by Gasteiger charge is 2.74. The first-order valence-electron chi connectivity index (χ1n) is 15.1. The van der Waals surface area contributed by atoms with Crippen molar-refractivity contribution in [2.45, 2.75) is 68.7 Å². The van der Waals surface area contributed by atoms with Crippen LogP contribution in [0.2, 0.25) is 0 Å². The van der Waals surface area contributed by atoms with Gasteiger partial charge in [-0.2, -0.15) is 0 Å². The molecular weight excluding hydrogens is 524 g/mol. The van der Waals surface area contributed by atoms with Gasteiger partial charge in [-0.25, -0.2) is 0 Å². The maximum atomic E-state index is 13.5. The Morgan fingerprint density at radius 2 is 1.95 bits per heavy atom. The van der Waals surface area contributed by atoms with Gasteiger partial charge < -0.3 is 19.8 Å². The normalized spacial score (nSPS) is 30.5. The maximum Gasteiger partial charge on any atom is 0.298 e. The molecule has 2 fully saturated rings. The summed E-state index contributed by atoms with van der Waals surface area (Å²) in [6.45, 7) is 5.80. The molecule has 4 aliphatic rings. The fraction of sp³-hybridized carbons (Fsp3) is 0.417. The number of carbonyl (C=O) groups is 1. The molecule has 1 amide bonds. The summed E-state index contributed by atoms with van der Waals surface area (Å²) in [5, 5.41) is 23.9. The van der Waals surface area contributed by atoms with E-state index in [1.807, 2.05) is 43.3 Å². The van der Waals surface area contributed by atoms with Gasteiger partial charge in [0.1, 0.15) is 6.10 Å². The van der Waals surface area contributed by atoms with Crippen LogP contribution in [-0.2, 0) is 23.1 Å². The first-order valence-corrected chi connectivity index (χ1v) is 15.1. The number of rotatable bonds is 4. The average molecular weight is 563 g/mol. The van der Waals surface area contributed by atoms with E-state index in [9.17, 15) is 15.0 Å². The molecule has 216 valence electrons. The molecule has 2 N–H and O–H groups in total. The minimum Gasteiger partial charge on any atom is -0.504 e. The topological polar surface area (TPSA) is 73.2 Å². The zero-order valence-corrected chi connectivity index (χ0v) is 24.5. The molecule has 2 bridgehead atoms. The van der Waals surface area contributed by atoms with Gasteiger partial charge >= 0.3 is 0 Å². The summed E-state index contributed by atoms with van der Waals surface area (Å²) < 4.78 is 6.70. The molecule has 1 saturated heterocycles. The number of phenols is 1. The van der Waals surface area contributed by atoms with Gasteiger partial charge in [-0.3, -0.25) is 9.69 Å². The number of hydrogen-bond acceptors (Lipinski definition) is 5. The summed E-state index contributed by atoms with van der Waals surface area (Å²) in [6, 6.07) is 21.7. The van der Waals surface area contributed by atoms with Crippen LogP contribution in [0.1, 0.15) is 47.6 Å². The molecule has 1 saturated carbocycles. The van der Waals surface area contributed by atoms with Crippen molar-refractivity contribution in [1.29, 1.82) is 0 Å². The maximum absolute atomic E-state index is 13.5. The van der Waals surface area contributed by atoms with Gasteiger partial charge in [0.2, 0.25) is 0 Å². The second-order valence-corrected chi connectivity index (χ2v) is 12.8. The Bertz CT molecular complexity index is 1610. The lowest BCUT2D eigenvalue weighted by atomic mass is 9.46. The Kier molecular flexibility index (Phi) is 6.38. The highest BCUT2D eigenvalue weighted by atomic mass is 16.5. The summed E-state index contributed by atoms with van der Waals surface area (Å²) in [7, 11) is 1.80. The minimum absolute atomic E-state index is 0.0441. The van der Waals surface area contributed by atoms with E-state index in [1.54, 1.807) is 18.0 Å². The molecule has 2 heterocycles. The number of aliphatic hydroxyl groups is 1. The predicted octanol–water partition coefficient (Wildman–Crippen LogP) is 4.22. The van der Waals surface area contributed by atoms with E-state index in [-0.39, 0.29) is 29.7 Å². The Morgan fingerprint density at radius 1 is 1.14 bits per heavy atom. The molecule has 0 aromatic heterocycles. The fourth-order valence-electron chi connectivity index (χ4n) is 8.72. The monoisotopic (exact) mass is 562 g/mol. The van der Waals surface area contributed by atoms with E-state index in [2.05, 4.69) is 47.9 Å². The smallest absolute Gasteiger partial charge is 0.298 e. The number of likely N-dealkylation sites (tertiary alicyclic amines) is 1. The van der Waals surface area contributed by atoms with Crippen molar-refractivity contribution in [3.05, 3.63) is 94.5 Å². The fourth-order valence-corrected chi connectivity index (χ4v) is 8.72. The number of phenolic OH excluding ortho intramolecular Hbond substituents is 1. The van der Waals surface area contributed by atoms with E-state index >= 15 is 0 Å². The number of ether oxygens (including phenoxy) is 1. The lowest BCUT2D eigenvalue weighted by Crippen LogP contribution is -2.79. The van der Waals surface area contributed by atoms with Crippen molar-refractivity contribution < 1.29 is 19.7 Å². The number of aromatic hydroxyl groups is 1. The van der Waals surface area contributed by atoms with E-state index in [0.717, 1.165) is 41.8 Å². The van der Waals surface area contributed by atoms with Crippen molar-refractivity contribution in [3.8, 4) is 23.3 Å². The van der Waals surface area contributed by atoms with Crippen LogP contribution in [0, 0.1) is 24.7 Å². The van der Waals surface area contributed by atoms with Crippen molar-refractivity contribution in [2.24, 2.45) is 5.92 Å².